The molecule has 3 aromatic rings. The van der Waals surface area contributed by atoms with Gasteiger partial charge in [0.2, 0.25) is 0 Å². The molecule has 0 saturated heterocycles. The van der Waals surface area contributed by atoms with E-state index in [9.17, 15) is 9.00 Å². The summed E-state index contributed by atoms with van der Waals surface area (Å²) in [7, 11) is -3.17. The quantitative estimate of drug-likeness (QED) is 0.592. The van der Waals surface area contributed by atoms with Crippen LogP contribution in [0, 0.1) is 0 Å². The standard InChI is InChI=1S/C18H13Cl2N3O2S/c19-15-11-16(20)22-17(21-15)12-26(25,14-9-5-2-6-10-14)23-18(24)13-7-3-1-4-8-13/h1-11H,12H2. The predicted molar refractivity (Wildman–Crippen MR) is 102 cm³/mol. The number of benzene rings is 2. The Kier molecular flexibility index (Phi) is 5.66. The lowest BCUT2D eigenvalue weighted by Gasteiger charge is -2.10. The summed E-state index contributed by atoms with van der Waals surface area (Å²) in [5.74, 6) is -0.607. The second-order valence-corrected chi connectivity index (χ2v) is 8.29. The molecule has 0 fully saturated rings. The van der Waals surface area contributed by atoms with Crippen LogP contribution in [0.5, 0.6) is 0 Å². The van der Waals surface area contributed by atoms with E-state index in [0.717, 1.165) is 0 Å². The van der Waals surface area contributed by atoms with Gasteiger partial charge in [-0.25, -0.2) is 14.2 Å². The van der Waals surface area contributed by atoms with Gasteiger partial charge in [-0.15, -0.1) is 0 Å². The van der Waals surface area contributed by atoms with Crippen molar-refractivity contribution in [3.05, 3.63) is 88.4 Å². The summed E-state index contributed by atoms with van der Waals surface area (Å²) in [6.07, 6.45) is 0. The maximum atomic E-state index is 13.6. The fraction of sp³-hybridized carbons (Fsp3) is 0.0556. The highest BCUT2D eigenvalue weighted by Gasteiger charge is 2.19. The van der Waals surface area contributed by atoms with E-state index in [0.29, 0.717) is 10.5 Å². The minimum Gasteiger partial charge on any atom is -0.266 e. The molecular formula is C18H13Cl2N3O2S. The Labute approximate surface area is 161 Å². The van der Waals surface area contributed by atoms with Crippen LogP contribution >= 0.6 is 23.2 Å². The van der Waals surface area contributed by atoms with Gasteiger partial charge in [-0.2, -0.15) is 4.36 Å². The lowest BCUT2D eigenvalue weighted by atomic mass is 10.2. The molecule has 0 N–H and O–H groups in total. The first kappa shape index (κ1) is 18.5. The number of halogens is 2. The number of carbonyl (C=O) groups excluding carboxylic acids is 1. The van der Waals surface area contributed by atoms with E-state index < -0.39 is 15.6 Å². The Morgan fingerprint density at radius 2 is 1.46 bits per heavy atom. The van der Waals surface area contributed by atoms with E-state index in [-0.39, 0.29) is 21.9 Å². The molecule has 1 amide bonds. The van der Waals surface area contributed by atoms with Crippen LogP contribution in [0.15, 0.2) is 76.0 Å². The molecule has 0 saturated carbocycles. The molecule has 8 heteroatoms. The van der Waals surface area contributed by atoms with Crippen molar-refractivity contribution < 1.29 is 9.00 Å². The first-order valence-corrected chi connectivity index (χ1v) is 9.98. The normalized spacial score (nSPS) is 13.0. The van der Waals surface area contributed by atoms with Crippen molar-refractivity contribution in [3.63, 3.8) is 0 Å². The second-order valence-electron chi connectivity index (χ2n) is 5.29. The molecule has 5 nitrogen and oxygen atoms in total. The van der Waals surface area contributed by atoms with Crippen LogP contribution in [-0.2, 0) is 15.5 Å². The molecular weight excluding hydrogens is 393 g/mol. The van der Waals surface area contributed by atoms with Gasteiger partial charge in [0.15, 0.2) is 0 Å². The summed E-state index contributed by atoms with van der Waals surface area (Å²) in [6.45, 7) is 0. The molecule has 0 radical (unpaired) electrons. The summed E-state index contributed by atoms with van der Waals surface area (Å²) in [4.78, 5) is 21.0. The Morgan fingerprint density at radius 1 is 0.923 bits per heavy atom. The Morgan fingerprint density at radius 3 is 2.04 bits per heavy atom. The smallest absolute Gasteiger partial charge is 0.266 e. The molecule has 0 aliphatic heterocycles. The Hall–Kier alpha value is -2.28. The lowest BCUT2D eigenvalue weighted by molar-refractivity contribution is 0.100. The molecule has 1 aromatic heterocycles. The van der Waals surface area contributed by atoms with E-state index in [4.69, 9.17) is 23.2 Å². The molecule has 0 bridgehead atoms. The number of hydrogen-bond donors (Lipinski definition) is 0. The van der Waals surface area contributed by atoms with E-state index >= 15 is 0 Å². The Bertz CT molecular complexity index is 1030. The highest BCUT2D eigenvalue weighted by atomic mass is 35.5. The third-order valence-corrected chi connectivity index (χ3v) is 5.90. The topological polar surface area (TPSA) is 72.3 Å². The van der Waals surface area contributed by atoms with Gasteiger partial charge in [-0.1, -0.05) is 59.6 Å². The molecule has 0 aliphatic rings. The summed E-state index contributed by atoms with van der Waals surface area (Å²) in [6, 6.07) is 18.4. The molecule has 1 heterocycles. The zero-order valence-electron chi connectivity index (χ0n) is 13.4. The minimum atomic E-state index is -3.17. The predicted octanol–water partition coefficient (Wildman–Crippen LogP) is 4.65. The first-order valence-electron chi connectivity index (χ1n) is 7.54. The second kappa shape index (κ2) is 7.95. The summed E-state index contributed by atoms with van der Waals surface area (Å²) in [5.41, 5.74) is 0.348. The van der Waals surface area contributed by atoms with Crippen molar-refractivity contribution in [1.82, 2.24) is 9.97 Å². The lowest BCUT2D eigenvalue weighted by Crippen LogP contribution is -2.11. The van der Waals surface area contributed by atoms with Crippen LogP contribution in [0.4, 0.5) is 0 Å². The molecule has 0 aliphatic carbocycles. The third kappa shape index (κ3) is 4.46. The summed E-state index contributed by atoms with van der Waals surface area (Å²) >= 11 is 11.8. The van der Waals surface area contributed by atoms with Gasteiger partial charge in [0.05, 0.1) is 15.5 Å². The molecule has 1 atom stereocenters. The third-order valence-electron chi connectivity index (χ3n) is 3.40. The Balaban J connectivity index is 2.10. The van der Waals surface area contributed by atoms with Gasteiger partial charge in [-0.05, 0) is 24.3 Å². The molecule has 3 rings (SSSR count). The van der Waals surface area contributed by atoms with E-state index in [2.05, 4.69) is 14.3 Å². The van der Waals surface area contributed by atoms with Crippen LogP contribution < -0.4 is 0 Å². The van der Waals surface area contributed by atoms with Crippen molar-refractivity contribution in [1.29, 1.82) is 0 Å². The number of nitrogens with zero attached hydrogens (tertiary/aromatic N) is 3. The van der Waals surface area contributed by atoms with Gasteiger partial charge in [0.1, 0.15) is 16.1 Å². The van der Waals surface area contributed by atoms with Crippen molar-refractivity contribution in [3.8, 4) is 0 Å². The number of aromatic nitrogens is 2. The number of hydrogen-bond acceptors (Lipinski definition) is 4. The van der Waals surface area contributed by atoms with Gasteiger partial charge >= 0.3 is 0 Å². The average Bonchev–Trinajstić information content (AvgIpc) is 2.62. The summed E-state index contributed by atoms with van der Waals surface area (Å²) < 4.78 is 17.6. The van der Waals surface area contributed by atoms with Crippen molar-refractivity contribution >= 4 is 38.8 Å². The zero-order chi connectivity index (χ0) is 18.6. The van der Waals surface area contributed by atoms with Crippen LogP contribution in [-0.4, -0.2) is 20.1 Å². The fourth-order valence-electron chi connectivity index (χ4n) is 2.24. The van der Waals surface area contributed by atoms with Gasteiger partial charge in [0, 0.05) is 16.5 Å². The van der Waals surface area contributed by atoms with Crippen LogP contribution in [0.2, 0.25) is 10.3 Å². The fourth-order valence-corrected chi connectivity index (χ4v) is 4.47. The maximum Gasteiger partial charge on any atom is 0.285 e. The molecule has 26 heavy (non-hydrogen) atoms. The molecule has 132 valence electrons. The highest BCUT2D eigenvalue weighted by molar-refractivity contribution is 7.93. The van der Waals surface area contributed by atoms with Crippen molar-refractivity contribution in [2.45, 2.75) is 10.6 Å². The highest BCUT2D eigenvalue weighted by Crippen LogP contribution is 2.21. The SMILES string of the molecule is O=C(N=S(=O)(Cc1nc(Cl)cc(Cl)n1)c1ccccc1)c1ccccc1. The number of rotatable bonds is 4. The van der Waals surface area contributed by atoms with E-state index in [1.54, 1.807) is 60.7 Å². The first-order chi connectivity index (χ1) is 12.5. The molecule has 2 aromatic carbocycles. The van der Waals surface area contributed by atoms with Gasteiger partial charge in [0.25, 0.3) is 5.91 Å². The number of carbonyl (C=O) groups is 1. The van der Waals surface area contributed by atoms with Crippen LogP contribution in [0.25, 0.3) is 0 Å². The van der Waals surface area contributed by atoms with Crippen molar-refractivity contribution in [2.24, 2.45) is 4.36 Å². The van der Waals surface area contributed by atoms with Gasteiger partial charge < -0.3 is 0 Å². The zero-order valence-corrected chi connectivity index (χ0v) is 15.7. The number of amides is 1. The van der Waals surface area contributed by atoms with Crippen molar-refractivity contribution in [2.75, 3.05) is 0 Å². The molecule has 1 unspecified atom stereocenters. The van der Waals surface area contributed by atoms with Gasteiger partial charge in [-0.3, -0.25) is 4.79 Å². The van der Waals surface area contributed by atoms with E-state index in [1.807, 2.05) is 0 Å². The maximum absolute atomic E-state index is 13.6. The minimum absolute atomic E-state index is 0.129. The van der Waals surface area contributed by atoms with E-state index in [1.165, 1.54) is 6.07 Å². The average molecular weight is 406 g/mol. The largest absolute Gasteiger partial charge is 0.285 e. The molecule has 0 spiro atoms. The summed E-state index contributed by atoms with van der Waals surface area (Å²) in [5, 5.41) is 0.258. The van der Waals surface area contributed by atoms with Crippen LogP contribution in [0.1, 0.15) is 16.2 Å². The van der Waals surface area contributed by atoms with Crippen LogP contribution in [0.3, 0.4) is 0 Å². The monoisotopic (exact) mass is 405 g/mol.